The van der Waals surface area contributed by atoms with Crippen molar-refractivity contribution in [3.8, 4) is 0 Å². The highest BCUT2D eigenvalue weighted by Gasteiger charge is 2.32. The van der Waals surface area contributed by atoms with E-state index in [0.29, 0.717) is 29.9 Å². The van der Waals surface area contributed by atoms with Gasteiger partial charge in [-0.05, 0) is 37.4 Å². The van der Waals surface area contributed by atoms with Gasteiger partial charge >= 0.3 is 0 Å². The van der Waals surface area contributed by atoms with Crippen LogP contribution in [-0.2, 0) is 10.0 Å². The molecule has 0 saturated carbocycles. The van der Waals surface area contributed by atoms with Crippen LogP contribution in [0.5, 0.6) is 0 Å². The number of nitrogens with one attached hydrogen (secondary N) is 1. The van der Waals surface area contributed by atoms with Gasteiger partial charge in [0.1, 0.15) is 0 Å². The molecule has 2 atom stereocenters. The van der Waals surface area contributed by atoms with Crippen LogP contribution >= 0.6 is 0 Å². The Labute approximate surface area is 122 Å². The van der Waals surface area contributed by atoms with Gasteiger partial charge in [0, 0.05) is 19.1 Å². The van der Waals surface area contributed by atoms with Crippen LogP contribution in [0.4, 0.5) is 0 Å². The lowest BCUT2D eigenvalue weighted by Gasteiger charge is -2.36. The third-order valence-corrected chi connectivity index (χ3v) is 5.78. The minimum atomic E-state index is -3.33. The largest absolute Gasteiger partial charge is 0.314 e. The maximum atomic E-state index is 12.6. The van der Waals surface area contributed by atoms with Crippen LogP contribution in [0.25, 0.3) is 0 Å². The average molecular weight is 296 g/mol. The first-order valence-electron chi connectivity index (χ1n) is 7.34. The summed E-state index contributed by atoms with van der Waals surface area (Å²) in [6, 6.07) is 9.14. The van der Waals surface area contributed by atoms with Crippen LogP contribution in [0.15, 0.2) is 35.2 Å². The van der Waals surface area contributed by atoms with Gasteiger partial charge in [-0.25, -0.2) is 8.42 Å². The van der Waals surface area contributed by atoms with Gasteiger partial charge in [0.25, 0.3) is 0 Å². The number of sulfonamides is 1. The summed E-state index contributed by atoms with van der Waals surface area (Å²) in [5.74, 6) is 0.341. The molecule has 0 radical (unpaired) electrons. The first-order chi connectivity index (χ1) is 9.55. The zero-order chi connectivity index (χ0) is 14.6. The van der Waals surface area contributed by atoms with E-state index in [1.807, 2.05) is 6.07 Å². The maximum absolute atomic E-state index is 12.6. The molecule has 1 heterocycles. The summed E-state index contributed by atoms with van der Waals surface area (Å²) in [5.41, 5.74) is 0. The highest BCUT2D eigenvalue weighted by molar-refractivity contribution is 7.89. The third kappa shape index (κ3) is 3.40. The van der Waals surface area contributed by atoms with Crippen molar-refractivity contribution in [3.63, 3.8) is 0 Å². The van der Waals surface area contributed by atoms with E-state index in [9.17, 15) is 8.42 Å². The summed E-state index contributed by atoms with van der Waals surface area (Å²) >= 11 is 0. The smallest absolute Gasteiger partial charge is 0.243 e. The Hall–Kier alpha value is -0.910. The number of hydrogen-bond donors (Lipinski definition) is 1. The quantitative estimate of drug-likeness (QED) is 0.905. The first-order valence-corrected chi connectivity index (χ1v) is 8.78. The van der Waals surface area contributed by atoms with Crippen LogP contribution in [0.1, 0.15) is 26.7 Å². The van der Waals surface area contributed by atoms with Crippen molar-refractivity contribution in [2.24, 2.45) is 5.92 Å². The van der Waals surface area contributed by atoms with Crippen molar-refractivity contribution in [3.05, 3.63) is 30.3 Å². The maximum Gasteiger partial charge on any atom is 0.243 e. The molecular weight excluding hydrogens is 272 g/mol. The fourth-order valence-corrected chi connectivity index (χ4v) is 4.28. The van der Waals surface area contributed by atoms with E-state index < -0.39 is 10.0 Å². The predicted molar refractivity (Wildman–Crippen MR) is 81.1 cm³/mol. The van der Waals surface area contributed by atoms with E-state index in [-0.39, 0.29) is 0 Å². The van der Waals surface area contributed by atoms with Crippen LogP contribution in [0, 0.1) is 5.92 Å². The molecule has 2 rings (SSSR count). The zero-order valence-corrected chi connectivity index (χ0v) is 13.1. The molecule has 5 heteroatoms. The molecule has 0 amide bonds. The van der Waals surface area contributed by atoms with Crippen LogP contribution in [0.2, 0.25) is 0 Å². The number of rotatable bonds is 5. The summed E-state index contributed by atoms with van der Waals surface area (Å²) in [6.45, 7) is 6.47. The molecule has 1 saturated heterocycles. The molecule has 1 N–H and O–H groups in total. The van der Waals surface area contributed by atoms with Gasteiger partial charge < -0.3 is 5.32 Å². The van der Waals surface area contributed by atoms with Crippen LogP contribution in [0.3, 0.4) is 0 Å². The van der Waals surface area contributed by atoms with Gasteiger partial charge in [-0.2, -0.15) is 4.31 Å². The lowest BCUT2D eigenvalue weighted by atomic mass is 9.95. The standard InChI is InChI=1S/C15H24N2O2S/c1-3-10-16-15-9-11-17(12-13(15)2)20(18,19)14-7-5-4-6-8-14/h4-8,13,15-16H,3,9-12H2,1-2H3. The molecule has 1 aromatic carbocycles. The highest BCUT2D eigenvalue weighted by Crippen LogP contribution is 2.23. The van der Waals surface area contributed by atoms with Crippen molar-refractivity contribution < 1.29 is 8.42 Å². The first kappa shape index (κ1) is 15.5. The molecule has 0 spiro atoms. The monoisotopic (exact) mass is 296 g/mol. The minimum absolute atomic E-state index is 0.341. The number of piperidine rings is 1. The molecule has 0 aromatic heterocycles. The summed E-state index contributed by atoms with van der Waals surface area (Å²) in [5, 5.41) is 3.51. The summed E-state index contributed by atoms with van der Waals surface area (Å²) in [7, 11) is -3.33. The molecular formula is C15H24N2O2S. The number of nitrogens with zero attached hydrogens (tertiary/aromatic N) is 1. The molecule has 112 valence electrons. The fourth-order valence-electron chi connectivity index (χ4n) is 2.70. The lowest BCUT2D eigenvalue weighted by molar-refractivity contribution is 0.220. The Morgan fingerprint density at radius 2 is 2.00 bits per heavy atom. The van der Waals surface area contributed by atoms with Crippen molar-refractivity contribution in [2.75, 3.05) is 19.6 Å². The van der Waals surface area contributed by atoms with Crippen molar-refractivity contribution >= 4 is 10.0 Å². The molecule has 1 fully saturated rings. The second kappa shape index (κ2) is 6.70. The third-order valence-electron chi connectivity index (χ3n) is 3.91. The molecule has 0 bridgehead atoms. The molecule has 0 aliphatic carbocycles. The second-order valence-electron chi connectivity index (χ2n) is 5.50. The SMILES string of the molecule is CCCNC1CCN(S(=O)(=O)c2ccccc2)CC1C. The van der Waals surface area contributed by atoms with E-state index in [1.54, 1.807) is 28.6 Å². The van der Waals surface area contributed by atoms with E-state index in [0.717, 1.165) is 19.4 Å². The highest BCUT2D eigenvalue weighted by atomic mass is 32.2. The van der Waals surface area contributed by atoms with Gasteiger partial charge in [-0.3, -0.25) is 0 Å². The molecule has 1 aromatic rings. The zero-order valence-electron chi connectivity index (χ0n) is 12.2. The summed E-state index contributed by atoms with van der Waals surface area (Å²) in [4.78, 5) is 0.396. The number of hydrogen-bond acceptors (Lipinski definition) is 3. The van der Waals surface area contributed by atoms with Crippen LogP contribution < -0.4 is 5.32 Å². The van der Waals surface area contributed by atoms with Gasteiger partial charge in [0.15, 0.2) is 0 Å². The van der Waals surface area contributed by atoms with Gasteiger partial charge in [-0.15, -0.1) is 0 Å². The second-order valence-corrected chi connectivity index (χ2v) is 7.44. The van der Waals surface area contributed by atoms with Crippen LogP contribution in [-0.4, -0.2) is 38.4 Å². The van der Waals surface area contributed by atoms with Gasteiger partial charge in [0.2, 0.25) is 10.0 Å². The lowest BCUT2D eigenvalue weighted by Crippen LogP contribution is -2.50. The topological polar surface area (TPSA) is 49.4 Å². The minimum Gasteiger partial charge on any atom is -0.314 e. The Balaban J connectivity index is 2.05. The normalized spacial score (nSPS) is 24.7. The molecule has 1 aliphatic heterocycles. The van der Waals surface area contributed by atoms with Gasteiger partial charge in [-0.1, -0.05) is 32.0 Å². The van der Waals surface area contributed by atoms with Crippen molar-refractivity contribution in [2.45, 2.75) is 37.6 Å². The van der Waals surface area contributed by atoms with Crippen molar-refractivity contribution in [1.82, 2.24) is 9.62 Å². The molecule has 4 nitrogen and oxygen atoms in total. The van der Waals surface area contributed by atoms with E-state index in [4.69, 9.17) is 0 Å². The fraction of sp³-hybridized carbons (Fsp3) is 0.600. The van der Waals surface area contributed by atoms with E-state index >= 15 is 0 Å². The van der Waals surface area contributed by atoms with E-state index in [2.05, 4.69) is 19.2 Å². The van der Waals surface area contributed by atoms with Crippen molar-refractivity contribution in [1.29, 1.82) is 0 Å². The Morgan fingerprint density at radius 1 is 1.30 bits per heavy atom. The molecule has 20 heavy (non-hydrogen) atoms. The molecule has 1 aliphatic rings. The summed E-state index contributed by atoms with van der Waals surface area (Å²) in [6.07, 6.45) is 1.99. The Kier molecular flexibility index (Phi) is 5.18. The Bertz CT molecular complexity index is 516. The Morgan fingerprint density at radius 3 is 2.60 bits per heavy atom. The predicted octanol–water partition coefficient (Wildman–Crippen LogP) is 2.09. The summed E-state index contributed by atoms with van der Waals surface area (Å²) < 4.78 is 26.7. The number of benzene rings is 1. The van der Waals surface area contributed by atoms with Gasteiger partial charge in [0.05, 0.1) is 4.90 Å². The average Bonchev–Trinajstić information content (AvgIpc) is 2.47. The molecule has 2 unspecified atom stereocenters. The van der Waals surface area contributed by atoms with E-state index in [1.165, 1.54) is 0 Å².